The number of hydrogen-bond acceptors (Lipinski definition) is 7. The Bertz CT molecular complexity index is 679. The number of halogens is 1. The molecule has 1 aromatic heterocycles. The Morgan fingerprint density at radius 3 is 2.80 bits per heavy atom. The van der Waals surface area contributed by atoms with E-state index in [1.807, 2.05) is 0 Å². The number of aromatic nitrogens is 4. The summed E-state index contributed by atoms with van der Waals surface area (Å²) < 4.78 is 44.5. The molecule has 0 saturated carbocycles. The van der Waals surface area contributed by atoms with Crippen molar-refractivity contribution in [3.63, 3.8) is 0 Å². The topological polar surface area (TPSA) is 136 Å². The predicted octanol–water partition coefficient (Wildman–Crippen LogP) is -0.592. The van der Waals surface area contributed by atoms with E-state index < -0.39 is 15.8 Å². The fourth-order valence-electron chi connectivity index (χ4n) is 1.46. The van der Waals surface area contributed by atoms with E-state index in [4.69, 9.17) is 10.5 Å². The van der Waals surface area contributed by atoms with Crippen LogP contribution in [0.25, 0.3) is 0 Å². The number of nitrogens with zero attached hydrogens (tertiary/aromatic N) is 3. The third kappa shape index (κ3) is 2.83. The highest BCUT2D eigenvalue weighted by Crippen LogP contribution is 2.28. The van der Waals surface area contributed by atoms with E-state index in [9.17, 15) is 12.8 Å². The van der Waals surface area contributed by atoms with Crippen molar-refractivity contribution in [1.29, 1.82) is 0 Å². The van der Waals surface area contributed by atoms with Gasteiger partial charge in [0.1, 0.15) is 0 Å². The van der Waals surface area contributed by atoms with Crippen molar-refractivity contribution < 1.29 is 17.5 Å². The quantitative estimate of drug-likeness (QED) is 0.628. The van der Waals surface area contributed by atoms with E-state index in [0.717, 1.165) is 12.1 Å². The second-order valence-electron chi connectivity index (χ2n) is 3.68. The summed E-state index contributed by atoms with van der Waals surface area (Å²) in [5, 5.41) is 12.6. The maximum atomic E-state index is 13.6. The second-order valence-corrected chi connectivity index (χ2v) is 5.45. The van der Waals surface area contributed by atoms with Crippen molar-refractivity contribution in [2.75, 3.05) is 12.8 Å². The summed E-state index contributed by atoms with van der Waals surface area (Å²) in [6.45, 7) is -0.188. The molecule has 0 radical (unpaired) electrons. The highest BCUT2D eigenvalue weighted by Gasteiger charge is 2.19. The first kappa shape index (κ1) is 14.1. The largest absolute Gasteiger partial charge is 0.492 e. The number of sulfonamides is 1. The molecule has 1 heterocycles. The Balaban J connectivity index is 2.25. The minimum Gasteiger partial charge on any atom is -0.492 e. The lowest BCUT2D eigenvalue weighted by Crippen LogP contribution is -2.24. The van der Waals surface area contributed by atoms with Gasteiger partial charge in [-0.3, -0.25) is 0 Å². The molecule has 9 nitrogen and oxygen atoms in total. The summed E-state index contributed by atoms with van der Waals surface area (Å²) >= 11 is 0. The summed E-state index contributed by atoms with van der Waals surface area (Å²) in [4.78, 5) is -0.322. The zero-order chi connectivity index (χ0) is 14.8. The lowest BCUT2D eigenvalue weighted by atomic mass is 10.3. The fourth-order valence-corrected chi connectivity index (χ4v) is 2.49. The van der Waals surface area contributed by atoms with Gasteiger partial charge in [-0.25, -0.2) is 17.5 Å². The number of aromatic amines is 1. The van der Waals surface area contributed by atoms with Crippen LogP contribution in [-0.4, -0.2) is 36.2 Å². The molecule has 20 heavy (non-hydrogen) atoms. The van der Waals surface area contributed by atoms with Crippen LogP contribution in [0.15, 0.2) is 17.0 Å². The van der Waals surface area contributed by atoms with E-state index in [2.05, 4.69) is 25.3 Å². The molecule has 0 saturated heterocycles. The van der Waals surface area contributed by atoms with Crippen molar-refractivity contribution >= 4 is 15.7 Å². The van der Waals surface area contributed by atoms with Crippen LogP contribution in [-0.2, 0) is 16.6 Å². The Kier molecular flexibility index (Phi) is 3.81. The summed E-state index contributed by atoms with van der Waals surface area (Å²) in [5.41, 5.74) is 5.41. The Morgan fingerprint density at radius 2 is 2.25 bits per heavy atom. The summed E-state index contributed by atoms with van der Waals surface area (Å²) in [5.74, 6) is -0.926. The number of nitrogens with one attached hydrogen (secondary N) is 2. The van der Waals surface area contributed by atoms with Crippen molar-refractivity contribution in [3.05, 3.63) is 23.8 Å². The molecule has 0 aliphatic carbocycles. The van der Waals surface area contributed by atoms with Crippen LogP contribution < -0.4 is 15.2 Å². The smallest absolute Gasteiger partial charge is 0.241 e. The number of methoxy groups -OCH3 is 1. The molecule has 0 aliphatic heterocycles. The predicted molar refractivity (Wildman–Crippen MR) is 65.6 cm³/mol. The van der Waals surface area contributed by atoms with Gasteiger partial charge in [0.25, 0.3) is 0 Å². The van der Waals surface area contributed by atoms with Gasteiger partial charge in [-0.05, 0) is 12.1 Å². The van der Waals surface area contributed by atoms with Gasteiger partial charge in [0.15, 0.2) is 17.4 Å². The number of tetrazole rings is 1. The third-order valence-corrected chi connectivity index (χ3v) is 3.75. The molecular formula is C9H11FN6O3S. The molecule has 11 heteroatoms. The normalized spacial score (nSPS) is 11.5. The number of benzene rings is 1. The van der Waals surface area contributed by atoms with Crippen LogP contribution in [0, 0.1) is 5.82 Å². The monoisotopic (exact) mass is 302 g/mol. The number of hydrogen-bond donors (Lipinski definition) is 3. The summed E-state index contributed by atoms with van der Waals surface area (Å²) in [7, 11) is -2.72. The first-order valence-corrected chi connectivity index (χ1v) is 6.77. The van der Waals surface area contributed by atoms with Gasteiger partial charge in [-0.2, -0.15) is 5.21 Å². The van der Waals surface area contributed by atoms with Gasteiger partial charge in [0.2, 0.25) is 10.0 Å². The molecule has 2 rings (SSSR count). The second kappa shape index (κ2) is 5.38. The number of rotatable bonds is 5. The van der Waals surface area contributed by atoms with Crippen LogP contribution in [0.5, 0.6) is 5.75 Å². The van der Waals surface area contributed by atoms with Crippen LogP contribution in [0.3, 0.4) is 0 Å². The SMILES string of the molecule is COc1c(N)cc(S(=O)(=O)NCc2nn[nH]n2)cc1F. The van der Waals surface area contributed by atoms with Gasteiger partial charge in [-0.15, -0.1) is 10.2 Å². The molecule has 0 bridgehead atoms. The Labute approximate surface area is 113 Å². The van der Waals surface area contributed by atoms with Crippen LogP contribution in [0.4, 0.5) is 10.1 Å². The first-order chi connectivity index (χ1) is 9.44. The minimum absolute atomic E-state index is 0.118. The molecule has 108 valence electrons. The highest BCUT2D eigenvalue weighted by molar-refractivity contribution is 7.89. The average Bonchev–Trinajstić information content (AvgIpc) is 2.89. The number of ether oxygens (including phenoxy) is 1. The van der Waals surface area contributed by atoms with E-state index >= 15 is 0 Å². The van der Waals surface area contributed by atoms with Crippen molar-refractivity contribution in [1.82, 2.24) is 25.3 Å². The zero-order valence-electron chi connectivity index (χ0n) is 10.3. The maximum absolute atomic E-state index is 13.6. The van der Waals surface area contributed by atoms with E-state index in [1.165, 1.54) is 7.11 Å². The van der Waals surface area contributed by atoms with Crippen molar-refractivity contribution in [2.24, 2.45) is 0 Å². The molecule has 0 spiro atoms. The summed E-state index contributed by atoms with van der Waals surface area (Å²) in [6, 6.07) is 1.91. The molecule has 1 aromatic carbocycles. The van der Waals surface area contributed by atoms with Gasteiger partial charge < -0.3 is 10.5 Å². The van der Waals surface area contributed by atoms with Crippen molar-refractivity contribution in [2.45, 2.75) is 11.4 Å². The molecule has 0 atom stereocenters. The van der Waals surface area contributed by atoms with Gasteiger partial charge >= 0.3 is 0 Å². The average molecular weight is 302 g/mol. The number of H-pyrrole nitrogens is 1. The molecule has 0 aliphatic rings. The Hall–Kier alpha value is -2.27. The van der Waals surface area contributed by atoms with Gasteiger partial charge in [0.05, 0.1) is 24.2 Å². The van der Waals surface area contributed by atoms with Crippen molar-refractivity contribution in [3.8, 4) is 5.75 Å². The molecule has 0 amide bonds. The Morgan fingerprint density at radius 1 is 1.50 bits per heavy atom. The first-order valence-electron chi connectivity index (χ1n) is 5.29. The number of nitrogens with two attached hydrogens (primary N) is 1. The third-order valence-electron chi connectivity index (χ3n) is 2.37. The van der Waals surface area contributed by atoms with Gasteiger partial charge in [-0.1, -0.05) is 5.21 Å². The highest BCUT2D eigenvalue weighted by atomic mass is 32.2. The lowest BCUT2D eigenvalue weighted by molar-refractivity contribution is 0.388. The molecule has 0 fully saturated rings. The van der Waals surface area contributed by atoms with E-state index in [0.29, 0.717) is 0 Å². The van der Waals surface area contributed by atoms with Crippen LogP contribution in [0.2, 0.25) is 0 Å². The maximum Gasteiger partial charge on any atom is 0.241 e. The molecular weight excluding hydrogens is 291 g/mol. The van der Waals surface area contributed by atoms with E-state index in [-0.39, 0.29) is 28.7 Å². The summed E-state index contributed by atoms with van der Waals surface area (Å²) in [6.07, 6.45) is 0. The fraction of sp³-hybridized carbons (Fsp3) is 0.222. The minimum atomic E-state index is -3.95. The number of anilines is 1. The molecule has 0 unspecified atom stereocenters. The molecule has 2 aromatic rings. The lowest BCUT2D eigenvalue weighted by Gasteiger charge is -2.09. The van der Waals surface area contributed by atoms with Gasteiger partial charge in [0, 0.05) is 0 Å². The zero-order valence-corrected chi connectivity index (χ0v) is 11.1. The molecule has 4 N–H and O–H groups in total. The number of nitrogen functional groups attached to an aromatic ring is 1. The van der Waals surface area contributed by atoms with E-state index in [1.54, 1.807) is 0 Å². The standard InChI is InChI=1S/C9H11FN6O3S/c1-19-9-6(10)2-5(3-7(9)11)20(17,18)12-4-8-13-15-16-14-8/h2-3,12H,4,11H2,1H3,(H,13,14,15,16). The van der Waals surface area contributed by atoms with Crippen LogP contribution in [0.1, 0.15) is 5.82 Å². The van der Waals surface area contributed by atoms with Crippen LogP contribution >= 0.6 is 0 Å².